The van der Waals surface area contributed by atoms with Gasteiger partial charge in [-0.1, -0.05) is 0 Å². The Kier molecular flexibility index (Phi) is 6.97. The van der Waals surface area contributed by atoms with Crippen LogP contribution < -0.4 is 5.32 Å². The van der Waals surface area contributed by atoms with Crippen LogP contribution in [0.15, 0.2) is 18.2 Å². The van der Waals surface area contributed by atoms with Crippen molar-refractivity contribution in [3.8, 4) is 0 Å². The second-order valence-corrected chi connectivity index (χ2v) is 5.54. The molecule has 20 heavy (non-hydrogen) atoms. The van der Waals surface area contributed by atoms with Gasteiger partial charge in [0.05, 0.1) is 12.6 Å². The van der Waals surface area contributed by atoms with E-state index in [1.54, 1.807) is 13.2 Å². The maximum Gasteiger partial charge on any atom is 0.328 e. The number of aliphatic carboxylic acids is 1. The van der Waals surface area contributed by atoms with Crippen molar-refractivity contribution in [3.05, 3.63) is 28.0 Å². The Hall–Kier alpha value is -1.66. The van der Waals surface area contributed by atoms with Crippen LogP contribution in [0.25, 0.3) is 6.08 Å². The highest BCUT2D eigenvalue weighted by atomic mass is 32.1. The van der Waals surface area contributed by atoms with Crippen LogP contribution in [0.1, 0.15) is 29.5 Å². The van der Waals surface area contributed by atoms with Crippen LogP contribution in [0.4, 0.5) is 0 Å². The molecule has 0 fully saturated rings. The van der Waals surface area contributed by atoms with Gasteiger partial charge in [0, 0.05) is 29.4 Å². The first-order valence-corrected chi connectivity index (χ1v) is 7.12. The number of hydrogen-bond donors (Lipinski definition) is 2. The summed E-state index contributed by atoms with van der Waals surface area (Å²) < 4.78 is 5.08. The van der Waals surface area contributed by atoms with E-state index < -0.39 is 5.97 Å². The highest BCUT2D eigenvalue weighted by Crippen LogP contribution is 2.17. The molecule has 0 bridgehead atoms. The molecule has 1 rings (SSSR count). The second-order valence-electron chi connectivity index (χ2n) is 4.34. The summed E-state index contributed by atoms with van der Waals surface area (Å²) in [6.07, 6.45) is 3.85. The lowest BCUT2D eigenvalue weighted by atomic mass is 10.2. The highest BCUT2D eigenvalue weighted by molar-refractivity contribution is 7.12. The normalized spacial score (nSPS) is 12.5. The fraction of sp³-hybridized carbons (Fsp3) is 0.429. The molecule has 1 atom stereocenters. The van der Waals surface area contributed by atoms with E-state index in [9.17, 15) is 9.59 Å². The minimum atomic E-state index is -0.972. The molecule has 0 aliphatic carbocycles. The summed E-state index contributed by atoms with van der Waals surface area (Å²) >= 11 is 1.46. The number of methoxy groups -OCH3 is 1. The summed E-state index contributed by atoms with van der Waals surface area (Å²) in [4.78, 5) is 23.8. The lowest BCUT2D eigenvalue weighted by Gasteiger charge is -2.08. The maximum atomic E-state index is 11.6. The van der Waals surface area contributed by atoms with Gasteiger partial charge in [0.2, 0.25) is 5.91 Å². The third kappa shape index (κ3) is 6.49. The molecule has 2 N–H and O–H groups in total. The van der Waals surface area contributed by atoms with Crippen LogP contribution in [0.2, 0.25) is 0 Å². The fourth-order valence-electron chi connectivity index (χ4n) is 1.46. The van der Waals surface area contributed by atoms with Crippen LogP contribution in [0.5, 0.6) is 0 Å². The SMILES string of the molecule is COC(C)CCC(=O)NCc1ccc(/C=C/C(=O)O)s1. The summed E-state index contributed by atoms with van der Waals surface area (Å²) in [7, 11) is 1.63. The van der Waals surface area contributed by atoms with Gasteiger partial charge in [-0.25, -0.2) is 4.79 Å². The Morgan fingerprint density at radius 3 is 2.90 bits per heavy atom. The first-order chi connectivity index (χ1) is 9.51. The molecule has 0 aliphatic rings. The van der Waals surface area contributed by atoms with Gasteiger partial charge in [-0.05, 0) is 31.6 Å². The van der Waals surface area contributed by atoms with E-state index in [0.29, 0.717) is 19.4 Å². The molecule has 1 amide bonds. The molecule has 1 aromatic heterocycles. The van der Waals surface area contributed by atoms with Gasteiger partial charge in [0.25, 0.3) is 0 Å². The summed E-state index contributed by atoms with van der Waals surface area (Å²) in [5.74, 6) is -0.981. The lowest BCUT2D eigenvalue weighted by molar-refractivity contribution is -0.131. The number of hydrogen-bond acceptors (Lipinski definition) is 4. The highest BCUT2D eigenvalue weighted by Gasteiger charge is 2.06. The van der Waals surface area contributed by atoms with Gasteiger partial charge in [0.15, 0.2) is 0 Å². The Morgan fingerprint density at radius 2 is 2.25 bits per heavy atom. The minimum Gasteiger partial charge on any atom is -0.478 e. The molecule has 1 heterocycles. The maximum absolute atomic E-state index is 11.6. The molecule has 0 aliphatic heterocycles. The zero-order chi connectivity index (χ0) is 15.0. The molecule has 0 aromatic carbocycles. The fourth-order valence-corrected chi connectivity index (χ4v) is 2.31. The average molecular weight is 297 g/mol. The first kappa shape index (κ1) is 16.4. The Bertz CT molecular complexity index is 481. The quantitative estimate of drug-likeness (QED) is 0.722. The average Bonchev–Trinajstić information content (AvgIpc) is 2.88. The van der Waals surface area contributed by atoms with Crippen LogP contribution in [-0.4, -0.2) is 30.2 Å². The molecule has 110 valence electrons. The molecule has 0 radical (unpaired) electrons. The van der Waals surface area contributed by atoms with E-state index >= 15 is 0 Å². The molecule has 1 aromatic rings. The van der Waals surface area contributed by atoms with Gasteiger partial charge in [-0.15, -0.1) is 11.3 Å². The summed E-state index contributed by atoms with van der Waals surface area (Å²) in [6.45, 7) is 2.39. The number of carboxylic acids is 1. The van der Waals surface area contributed by atoms with Crippen LogP contribution >= 0.6 is 11.3 Å². The summed E-state index contributed by atoms with van der Waals surface area (Å²) in [5, 5.41) is 11.4. The second kappa shape index (κ2) is 8.50. The van der Waals surface area contributed by atoms with Crippen LogP contribution in [-0.2, 0) is 20.9 Å². The van der Waals surface area contributed by atoms with Gasteiger partial charge >= 0.3 is 5.97 Å². The Balaban J connectivity index is 2.35. The minimum absolute atomic E-state index is 0.00933. The number of nitrogens with one attached hydrogen (secondary N) is 1. The van der Waals surface area contributed by atoms with Crippen molar-refractivity contribution < 1.29 is 19.4 Å². The molecule has 0 saturated carbocycles. The van der Waals surface area contributed by atoms with E-state index in [1.165, 1.54) is 11.3 Å². The number of rotatable bonds is 8. The topological polar surface area (TPSA) is 75.6 Å². The van der Waals surface area contributed by atoms with E-state index in [2.05, 4.69) is 5.32 Å². The Morgan fingerprint density at radius 1 is 1.50 bits per heavy atom. The van der Waals surface area contributed by atoms with E-state index in [4.69, 9.17) is 9.84 Å². The van der Waals surface area contributed by atoms with Crippen molar-refractivity contribution >= 4 is 29.3 Å². The van der Waals surface area contributed by atoms with Gasteiger partial charge < -0.3 is 15.2 Å². The van der Waals surface area contributed by atoms with Crippen LogP contribution in [0, 0.1) is 0 Å². The van der Waals surface area contributed by atoms with E-state index in [0.717, 1.165) is 15.8 Å². The number of amides is 1. The van der Waals surface area contributed by atoms with Crippen molar-refractivity contribution in [2.75, 3.05) is 7.11 Å². The van der Waals surface area contributed by atoms with Crippen molar-refractivity contribution in [2.24, 2.45) is 0 Å². The molecule has 1 unspecified atom stereocenters. The predicted octanol–water partition coefficient (Wildman–Crippen LogP) is 2.28. The smallest absolute Gasteiger partial charge is 0.328 e. The lowest BCUT2D eigenvalue weighted by Crippen LogP contribution is -2.23. The summed E-state index contributed by atoms with van der Waals surface area (Å²) in [6, 6.07) is 3.71. The zero-order valence-electron chi connectivity index (χ0n) is 11.6. The van der Waals surface area contributed by atoms with Crippen molar-refractivity contribution in [3.63, 3.8) is 0 Å². The standard InChI is InChI=1S/C14H19NO4S/c1-10(19-2)3-7-13(16)15-9-12-5-4-11(20-12)6-8-14(17)18/h4-6,8,10H,3,7,9H2,1-2H3,(H,15,16)(H,17,18)/b8-6+. The third-order valence-electron chi connectivity index (χ3n) is 2.71. The monoisotopic (exact) mass is 297 g/mol. The van der Waals surface area contributed by atoms with Crippen LogP contribution in [0.3, 0.4) is 0 Å². The molecule has 0 spiro atoms. The number of ether oxygens (including phenoxy) is 1. The van der Waals surface area contributed by atoms with E-state index in [1.807, 2.05) is 19.1 Å². The van der Waals surface area contributed by atoms with Gasteiger partial charge in [-0.2, -0.15) is 0 Å². The molecule has 0 saturated heterocycles. The van der Waals surface area contributed by atoms with E-state index in [-0.39, 0.29) is 12.0 Å². The van der Waals surface area contributed by atoms with Crippen molar-refractivity contribution in [1.29, 1.82) is 0 Å². The third-order valence-corrected chi connectivity index (χ3v) is 3.76. The van der Waals surface area contributed by atoms with Crippen molar-refractivity contribution in [2.45, 2.75) is 32.4 Å². The Labute approximate surface area is 122 Å². The molecular weight excluding hydrogens is 278 g/mol. The first-order valence-electron chi connectivity index (χ1n) is 6.30. The predicted molar refractivity (Wildman–Crippen MR) is 78.5 cm³/mol. The molecular formula is C14H19NO4S. The molecule has 6 heteroatoms. The number of carbonyl (C=O) groups is 2. The number of thiophene rings is 1. The number of carbonyl (C=O) groups excluding carboxylic acids is 1. The van der Waals surface area contributed by atoms with Gasteiger partial charge in [-0.3, -0.25) is 4.79 Å². The zero-order valence-corrected chi connectivity index (χ0v) is 12.4. The number of carboxylic acid groups (broad SMARTS) is 1. The summed E-state index contributed by atoms with van der Waals surface area (Å²) in [5.41, 5.74) is 0. The van der Waals surface area contributed by atoms with Gasteiger partial charge in [0.1, 0.15) is 0 Å². The van der Waals surface area contributed by atoms with Crippen molar-refractivity contribution in [1.82, 2.24) is 5.32 Å². The molecule has 5 nitrogen and oxygen atoms in total. The largest absolute Gasteiger partial charge is 0.478 e.